The van der Waals surface area contributed by atoms with Gasteiger partial charge in [-0.1, -0.05) is 6.58 Å². The van der Waals surface area contributed by atoms with E-state index >= 15 is 0 Å². The maximum atomic E-state index is 10.8. The second-order valence-corrected chi connectivity index (χ2v) is 2.84. The molecule has 1 aromatic heterocycles. The fourth-order valence-electron chi connectivity index (χ4n) is 1.19. The Bertz CT molecular complexity index is 388. The minimum absolute atomic E-state index is 0.0907. The van der Waals surface area contributed by atoms with Gasteiger partial charge in [-0.2, -0.15) is 0 Å². The average molecular weight is 193 g/mol. The van der Waals surface area contributed by atoms with Crippen molar-refractivity contribution in [1.82, 2.24) is 4.98 Å². The maximum Gasteiger partial charge on any atom is 0.337 e. The number of hydrogen-bond donors (Lipinski definition) is 3. The molecule has 0 aliphatic carbocycles. The zero-order chi connectivity index (χ0) is 10.7. The maximum absolute atomic E-state index is 10.8. The van der Waals surface area contributed by atoms with Crippen LogP contribution in [-0.2, 0) is 0 Å². The van der Waals surface area contributed by atoms with Crippen molar-refractivity contribution in [2.75, 3.05) is 5.43 Å². The Labute approximate surface area is 81.2 Å². The van der Waals surface area contributed by atoms with E-state index in [1.165, 1.54) is 12.4 Å². The predicted molar refractivity (Wildman–Crippen MR) is 53.7 cm³/mol. The molecule has 4 N–H and O–H groups in total. The molecule has 0 bridgehead atoms. The molecule has 1 rings (SSSR count). The molecule has 0 amide bonds. The van der Waals surface area contributed by atoms with Crippen LogP contribution in [0.4, 0.5) is 5.69 Å². The summed E-state index contributed by atoms with van der Waals surface area (Å²) >= 11 is 0. The molecule has 0 saturated heterocycles. The van der Waals surface area contributed by atoms with Gasteiger partial charge >= 0.3 is 5.97 Å². The van der Waals surface area contributed by atoms with Crippen molar-refractivity contribution in [2.24, 2.45) is 5.84 Å². The summed E-state index contributed by atoms with van der Waals surface area (Å²) in [6.45, 7) is 5.40. The van der Waals surface area contributed by atoms with E-state index < -0.39 is 5.97 Å². The Morgan fingerprint density at radius 2 is 2.29 bits per heavy atom. The number of aromatic carboxylic acids is 1. The van der Waals surface area contributed by atoms with Crippen molar-refractivity contribution >= 4 is 17.2 Å². The fourth-order valence-corrected chi connectivity index (χ4v) is 1.19. The highest BCUT2D eigenvalue weighted by Crippen LogP contribution is 2.24. The van der Waals surface area contributed by atoms with Crippen LogP contribution in [-0.4, -0.2) is 16.1 Å². The van der Waals surface area contributed by atoms with Crippen LogP contribution in [0.2, 0.25) is 0 Å². The van der Waals surface area contributed by atoms with E-state index in [0.29, 0.717) is 16.8 Å². The molecule has 0 saturated carbocycles. The molecule has 0 spiro atoms. The summed E-state index contributed by atoms with van der Waals surface area (Å²) < 4.78 is 0. The molecular weight excluding hydrogens is 182 g/mol. The fraction of sp³-hybridized carbons (Fsp3) is 0.111. The van der Waals surface area contributed by atoms with E-state index in [1.807, 2.05) is 0 Å². The van der Waals surface area contributed by atoms with Gasteiger partial charge < -0.3 is 10.5 Å². The van der Waals surface area contributed by atoms with Gasteiger partial charge in [0, 0.05) is 11.8 Å². The van der Waals surface area contributed by atoms with E-state index in [0.717, 1.165) is 0 Å². The second kappa shape index (κ2) is 3.89. The molecule has 0 fully saturated rings. The van der Waals surface area contributed by atoms with Crippen molar-refractivity contribution in [3.8, 4) is 0 Å². The Balaban J connectivity index is 3.43. The van der Waals surface area contributed by atoms with Gasteiger partial charge in [0.05, 0.1) is 17.4 Å². The van der Waals surface area contributed by atoms with Gasteiger partial charge in [-0.3, -0.25) is 10.8 Å². The van der Waals surface area contributed by atoms with E-state index in [1.54, 1.807) is 6.92 Å². The highest BCUT2D eigenvalue weighted by Gasteiger charge is 2.14. The van der Waals surface area contributed by atoms with Gasteiger partial charge in [-0.25, -0.2) is 4.79 Å². The lowest BCUT2D eigenvalue weighted by Crippen LogP contribution is -2.12. The van der Waals surface area contributed by atoms with Crippen LogP contribution in [0.15, 0.2) is 19.0 Å². The Hall–Kier alpha value is -1.88. The average Bonchev–Trinajstić information content (AvgIpc) is 2.16. The van der Waals surface area contributed by atoms with Crippen LogP contribution < -0.4 is 11.3 Å². The smallest absolute Gasteiger partial charge is 0.337 e. The van der Waals surface area contributed by atoms with Crippen LogP contribution in [0.25, 0.3) is 5.57 Å². The van der Waals surface area contributed by atoms with Crippen LogP contribution in [0, 0.1) is 0 Å². The highest BCUT2D eigenvalue weighted by atomic mass is 16.4. The summed E-state index contributed by atoms with van der Waals surface area (Å²) in [5, 5.41) is 8.88. The molecule has 0 aliphatic heterocycles. The van der Waals surface area contributed by atoms with Crippen molar-refractivity contribution in [2.45, 2.75) is 6.92 Å². The van der Waals surface area contributed by atoms with Gasteiger partial charge in [0.25, 0.3) is 0 Å². The van der Waals surface area contributed by atoms with Crippen molar-refractivity contribution in [3.63, 3.8) is 0 Å². The number of aromatic nitrogens is 1. The number of hydrogen-bond acceptors (Lipinski definition) is 4. The summed E-state index contributed by atoms with van der Waals surface area (Å²) in [7, 11) is 0. The number of nitrogens with one attached hydrogen (secondary N) is 1. The summed E-state index contributed by atoms with van der Waals surface area (Å²) in [5.41, 5.74) is 4.04. The van der Waals surface area contributed by atoms with Crippen LogP contribution >= 0.6 is 0 Å². The topological polar surface area (TPSA) is 88.2 Å². The van der Waals surface area contributed by atoms with E-state index in [4.69, 9.17) is 10.9 Å². The number of allylic oxidation sites excluding steroid dienone is 1. The number of anilines is 1. The van der Waals surface area contributed by atoms with Gasteiger partial charge in [0.1, 0.15) is 0 Å². The predicted octanol–water partition coefficient (Wildman–Crippen LogP) is 1.10. The molecule has 14 heavy (non-hydrogen) atoms. The summed E-state index contributed by atoms with van der Waals surface area (Å²) in [4.78, 5) is 14.6. The van der Waals surface area contributed by atoms with Crippen molar-refractivity contribution in [3.05, 3.63) is 30.1 Å². The third-order valence-corrected chi connectivity index (χ3v) is 1.76. The largest absolute Gasteiger partial charge is 0.478 e. The number of rotatable bonds is 3. The van der Waals surface area contributed by atoms with Crippen molar-refractivity contribution < 1.29 is 9.90 Å². The monoisotopic (exact) mass is 193 g/mol. The molecular formula is C9H11N3O2. The lowest BCUT2D eigenvalue weighted by Gasteiger charge is -2.10. The number of nitrogens with zero attached hydrogens (tertiary/aromatic N) is 1. The molecule has 1 aromatic rings. The lowest BCUT2D eigenvalue weighted by atomic mass is 10.0. The van der Waals surface area contributed by atoms with Crippen molar-refractivity contribution in [1.29, 1.82) is 0 Å². The molecule has 1 heterocycles. The zero-order valence-corrected chi connectivity index (χ0v) is 7.74. The Morgan fingerprint density at radius 3 is 2.71 bits per heavy atom. The second-order valence-electron chi connectivity index (χ2n) is 2.84. The number of carboxylic acid groups (broad SMARTS) is 1. The van der Waals surface area contributed by atoms with Crippen LogP contribution in [0.5, 0.6) is 0 Å². The van der Waals surface area contributed by atoms with Gasteiger partial charge in [0.2, 0.25) is 0 Å². The van der Waals surface area contributed by atoms with E-state index in [-0.39, 0.29) is 5.56 Å². The van der Waals surface area contributed by atoms with Crippen LogP contribution in [0.3, 0.4) is 0 Å². The number of hydrazine groups is 1. The molecule has 0 aromatic carbocycles. The first-order valence-electron chi connectivity index (χ1n) is 3.91. The Morgan fingerprint density at radius 1 is 1.64 bits per heavy atom. The molecule has 0 unspecified atom stereocenters. The van der Waals surface area contributed by atoms with Gasteiger partial charge in [-0.05, 0) is 12.5 Å². The molecule has 0 radical (unpaired) electrons. The minimum Gasteiger partial charge on any atom is -0.478 e. The number of carbonyl (C=O) groups is 1. The first-order chi connectivity index (χ1) is 6.57. The van der Waals surface area contributed by atoms with E-state index in [9.17, 15) is 4.79 Å². The third-order valence-electron chi connectivity index (χ3n) is 1.76. The summed E-state index contributed by atoms with van der Waals surface area (Å²) in [6.07, 6.45) is 2.73. The molecule has 74 valence electrons. The zero-order valence-electron chi connectivity index (χ0n) is 7.74. The normalized spacial score (nSPS) is 9.57. The quantitative estimate of drug-likeness (QED) is 0.494. The first kappa shape index (κ1) is 10.2. The lowest BCUT2D eigenvalue weighted by molar-refractivity contribution is 0.0696. The standard InChI is InChI=1S/C9H11N3O2/c1-5(2)8-6(9(13)14)3-11-4-7(8)12-10/h3-4,12H,1,10H2,2H3,(H,13,14). The number of carboxylic acids is 1. The number of nitrogens with two attached hydrogens (primary N) is 1. The molecule has 5 heteroatoms. The Kier molecular flexibility index (Phi) is 2.83. The molecule has 0 aliphatic rings. The minimum atomic E-state index is -1.05. The van der Waals surface area contributed by atoms with Gasteiger partial charge in [-0.15, -0.1) is 0 Å². The molecule has 5 nitrogen and oxygen atoms in total. The summed E-state index contributed by atoms with van der Waals surface area (Å²) in [5.74, 6) is 4.18. The highest BCUT2D eigenvalue weighted by molar-refractivity contribution is 5.96. The third kappa shape index (κ3) is 1.72. The van der Waals surface area contributed by atoms with Crippen LogP contribution in [0.1, 0.15) is 22.8 Å². The summed E-state index contributed by atoms with van der Waals surface area (Å²) in [6, 6.07) is 0. The first-order valence-corrected chi connectivity index (χ1v) is 3.91. The SMILES string of the molecule is C=C(C)c1c(NN)cncc1C(=O)O. The molecule has 0 atom stereocenters. The number of nitrogen functional groups attached to an aromatic ring is 1. The van der Waals surface area contributed by atoms with E-state index in [2.05, 4.69) is 17.0 Å². The van der Waals surface area contributed by atoms with Gasteiger partial charge in [0.15, 0.2) is 0 Å². The number of pyridine rings is 1.